The van der Waals surface area contributed by atoms with Crippen molar-refractivity contribution in [2.75, 3.05) is 25.7 Å². The molecule has 0 unspecified atom stereocenters. The molecule has 88 valence electrons. The number of nitrogens with one attached hydrogen (secondary N) is 1. The maximum atomic E-state index is 11.3. The molecule has 15 heavy (non-hydrogen) atoms. The molecule has 1 amide bonds. The van der Waals surface area contributed by atoms with E-state index in [1.807, 2.05) is 6.26 Å². The average molecular weight is 234 g/mol. The van der Waals surface area contributed by atoms with Crippen LogP contribution in [0.2, 0.25) is 0 Å². The van der Waals surface area contributed by atoms with E-state index < -0.39 is 6.04 Å². The molecule has 0 aromatic carbocycles. The van der Waals surface area contributed by atoms with E-state index in [0.29, 0.717) is 6.42 Å². The van der Waals surface area contributed by atoms with Crippen LogP contribution in [0, 0.1) is 0 Å². The lowest BCUT2D eigenvalue weighted by atomic mass is 10.2. The minimum atomic E-state index is -0.491. The van der Waals surface area contributed by atoms with Crippen molar-refractivity contribution in [3.8, 4) is 0 Å². The van der Waals surface area contributed by atoms with Gasteiger partial charge < -0.3 is 15.8 Å². The van der Waals surface area contributed by atoms with Crippen LogP contribution < -0.4 is 11.1 Å². The Balaban J connectivity index is 3.59. The molecule has 0 saturated carbocycles. The van der Waals surface area contributed by atoms with E-state index in [1.54, 1.807) is 11.8 Å². The largest absolute Gasteiger partial charge is 0.469 e. The van der Waals surface area contributed by atoms with E-state index in [9.17, 15) is 9.59 Å². The molecule has 0 radical (unpaired) electrons. The molecule has 3 N–H and O–H groups in total. The third kappa shape index (κ3) is 7.21. The number of ether oxygens (including phenoxy) is 1. The van der Waals surface area contributed by atoms with Crippen LogP contribution in [0.1, 0.15) is 12.8 Å². The molecule has 1 atom stereocenters. The van der Waals surface area contributed by atoms with Gasteiger partial charge in [0.15, 0.2) is 0 Å². The zero-order valence-electron chi connectivity index (χ0n) is 9.12. The number of methoxy groups -OCH3 is 1. The first-order valence-corrected chi connectivity index (χ1v) is 6.10. The first kappa shape index (κ1) is 14.2. The molecule has 0 aromatic rings. The molecule has 0 fully saturated rings. The van der Waals surface area contributed by atoms with Crippen LogP contribution in [0.25, 0.3) is 0 Å². The maximum Gasteiger partial charge on any atom is 0.307 e. The fourth-order valence-electron chi connectivity index (χ4n) is 0.897. The average Bonchev–Trinajstić information content (AvgIpc) is 2.25. The second-order valence-corrected chi connectivity index (χ2v) is 3.99. The molecule has 0 aliphatic heterocycles. The number of hydrogen-bond acceptors (Lipinski definition) is 5. The molecule has 0 saturated heterocycles. The van der Waals surface area contributed by atoms with Crippen molar-refractivity contribution in [2.24, 2.45) is 5.73 Å². The van der Waals surface area contributed by atoms with E-state index >= 15 is 0 Å². The zero-order valence-corrected chi connectivity index (χ0v) is 9.93. The van der Waals surface area contributed by atoms with E-state index in [1.165, 1.54) is 7.11 Å². The van der Waals surface area contributed by atoms with Gasteiger partial charge in [0.25, 0.3) is 0 Å². The molecule has 6 heteroatoms. The Bertz CT molecular complexity index is 212. The highest BCUT2D eigenvalue weighted by Crippen LogP contribution is 1.98. The van der Waals surface area contributed by atoms with Crippen molar-refractivity contribution in [1.82, 2.24) is 5.32 Å². The Labute approximate surface area is 94.1 Å². The highest BCUT2D eigenvalue weighted by molar-refractivity contribution is 7.98. The van der Waals surface area contributed by atoms with E-state index in [2.05, 4.69) is 10.1 Å². The van der Waals surface area contributed by atoms with E-state index in [4.69, 9.17) is 5.73 Å². The fraction of sp³-hybridized carbons (Fsp3) is 0.778. The highest BCUT2D eigenvalue weighted by Gasteiger charge is 2.12. The van der Waals surface area contributed by atoms with Crippen molar-refractivity contribution in [2.45, 2.75) is 18.9 Å². The molecule has 0 heterocycles. The molecule has 0 aliphatic carbocycles. The van der Waals surface area contributed by atoms with Crippen LogP contribution in [0.4, 0.5) is 0 Å². The monoisotopic (exact) mass is 234 g/mol. The third-order valence-corrected chi connectivity index (χ3v) is 2.47. The van der Waals surface area contributed by atoms with Crippen LogP contribution in [0.15, 0.2) is 0 Å². The summed E-state index contributed by atoms with van der Waals surface area (Å²) in [5.41, 5.74) is 5.61. The van der Waals surface area contributed by atoms with Crippen molar-refractivity contribution in [1.29, 1.82) is 0 Å². The summed E-state index contributed by atoms with van der Waals surface area (Å²) in [6.45, 7) is 0.276. The molecule has 0 spiro atoms. The first-order chi connectivity index (χ1) is 7.11. The Morgan fingerprint density at radius 1 is 1.53 bits per heavy atom. The number of carbonyl (C=O) groups excluding carboxylic acids is 2. The van der Waals surface area contributed by atoms with Gasteiger partial charge >= 0.3 is 5.97 Å². The SMILES string of the molecule is COC(=O)CCNC(=O)[C@@H](N)CCSC. The Morgan fingerprint density at radius 2 is 2.20 bits per heavy atom. The summed E-state index contributed by atoms with van der Waals surface area (Å²) in [7, 11) is 1.31. The summed E-state index contributed by atoms with van der Waals surface area (Å²) in [5.74, 6) is 0.298. The number of thioether (sulfide) groups is 1. The third-order valence-electron chi connectivity index (χ3n) is 1.83. The quantitative estimate of drug-likeness (QED) is 0.593. The second-order valence-electron chi connectivity index (χ2n) is 3.01. The number of esters is 1. The van der Waals surface area contributed by atoms with Crippen LogP contribution in [0.3, 0.4) is 0 Å². The molecule has 0 rings (SSSR count). The number of rotatable bonds is 7. The summed E-state index contributed by atoms with van der Waals surface area (Å²) in [5, 5.41) is 2.58. The van der Waals surface area contributed by atoms with Gasteiger partial charge in [0.2, 0.25) is 5.91 Å². The Kier molecular flexibility index (Phi) is 8.12. The minimum Gasteiger partial charge on any atom is -0.469 e. The molecule has 0 aliphatic rings. The summed E-state index contributed by atoms with van der Waals surface area (Å²) in [6, 6.07) is -0.491. The van der Waals surface area contributed by atoms with Crippen LogP contribution in [-0.4, -0.2) is 43.6 Å². The van der Waals surface area contributed by atoms with Gasteiger partial charge in [0.1, 0.15) is 0 Å². The topological polar surface area (TPSA) is 81.4 Å². The number of amides is 1. The van der Waals surface area contributed by atoms with Gasteiger partial charge in [-0.05, 0) is 18.4 Å². The van der Waals surface area contributed by atoms with Gasteiger partial charge in [0.05, 0.1) is 19.6 Å². The standard InChI is InChI=1S/C9H18N2O3S/c1-14-8(12)3-5-11-9(13)7(10)4-6-15-2/h7H,3-6,10H2,1-2H3,(H,11,13)/t7-/m0/s1. The minimum absolute atomic E-state index is 0.178. The van der Waals surface area contributed by atoms with Crippen molar-refractivity contribution >= 4 is 23.6 Å². The summed E-state index contributed by atoms with van der Waals surface area (Å²) >= 11 is 1.65. The number of hydrogen-bond donors (Lipinski definition) is 2. The molecule has 0 aromatic heterocycles. The van der Waals surface area contributed by atoms with Crippen LogP contribution in [-0.2, 0) is 14.3 Å². The zero-order chi connectivity index (χ0) is 11.7. The second kappa shape index (κ2) is 8.55. The molecular formula is C9H18N2O3S. The predicted molar refractivity (Wildman–Crippen MR) is 60.6 cm³/mol. The lowest BCUT2D eigenvalue weighted by Gasteiger charge is -2.10. The number of nitrogens with two attached hydrogens (primary N) is 1. The number of carbonyl (C=O) groups is 2. The van der Waals surface area contributed by atoms with E-state index in [0.717, 1.165) is 5.75 Å². The van der Waals surface area contributed by atoms with Gasteiger partial charge in [0, 0.05) is 6.54 Å². The van der Waals surface area contributed by atoms with Gasteiger partial charge in [-0.3, -0.25) is 9.59 Å². The summed E-state index contributed by atoms with van der Waals surface area (Å²) < 4.78 is 4.43. The first-order valence-electron chi connectivity index (χ1n) is 4.70. The molecular weight excluding hydrogens is 216 g/mol. The van der Waals surface area contributed by atoms with Crippen molar-refractivity contribution < 1.29 is 14.3 Å². The van der Waals surface area contributed by atoms with Crippen LogP contribution in [0.5, 0.6) is 0 Å². The van der Waals surface area contributed by atoms with Gasteiger partial charge in [-0.1, -0.05) is 0 Å². The summed E-state index contributed by atoms with van der Waals surface area (Å²) in [4.78, 5) is 22.0. The lowest BCUT2D eigenvalue weighted by molar-refractivity contribution is -0.140. The maximum absolute atomic E-state index is 11.3. The van der Waals surface area contributed by atoms with Crippen molar-refractivity contribution in [3.63, 3.8) is 0 Å². The van der Waals surface area contributed by atoms with Gasteiger partial charge in [-0.25, -0.2) is 0 Å². The fourth-order valence-corrected chi connectivity index (χ4v) is 1.39. The van der Waals surface area contributed by atoms with Crippen LogP contribution >= 0.6 is 11.8 Å². The van der Waals surface area contributed by atoms with E-state index in [-0.39, 0.29) is 24.8 Å². The van der Waals surface area contributed by atoms with Crippen molar-refractivity contribution in [3.05, 3.63) is 0 Å². The highest BCUT2D eigenvalue weighted by atomic mass is 32.2. The van der Waals surface area contributed by atoms with Gasteiger partial charge in [-0.15, -0.1) is 0 Å². The summed E-state index contributed by atoms with van der Waals surface area (Å²) in [6.07, 6.45) is 2.78. The smallest absolute Gasteiger partial charge is 0.307 e. The lowest BCUT2D eigenvalue weighted by Crippen LogP contribution is -2.41. The van der Waals surface area contributed by atoms with Gasteiger partial charge in [-0.2, -0.15) is 11.8 Å². The normalized spacial score (nSPS) is 11.9. The molecule has 0 bridgehead atoms. The molecule has 5 nitrogen and oxygen atoms in total. The Morgan fingerprint density at radius 3 is 2.73 bits per heavy atom. The predicted octanol–water partition coefficient (Wildman–Crippen LogP) is -0.254. The Hall–Kier alpha value is -0.750.